The molecule has 7 heteroatoms. The summed E-state index contributed by atoms with van der Waals surface area (Å²) in [4.78, 5) is 27.7. The largest absolute Gasteiger partial charge is 0.449 e. The molecule has 6 nitrogen and oxygen atoms in total. The van der Waals surface area contributed by atoms with E-state index in [1.165, 1.54) is 25.7 Å². The van der Waals surface area contributed by atoms with Crippen molar-refractivity contribution in [3.8, 4) is 5.75 Å². The fraction of sp³-hybridized carbons (Fsp3) is 0.385. The minimum absolute atomic E-state index is 0.155. The van der Waals surface area contributed by atoms with Crippen molar-refractivity contribution in [2.75, 3.05) is 25.0 Å². The summed E-state index contributed by atoms with van der Waals surface area (Å²) in [6, 6.07) is 12.9. The summed E-state index contributed by atoms with van der Waals surface area (Å²) in [6.45, 7) is 5.04. The van der Waals surface area contributed by atoms with E-state index < -0.39 is 0 Å². The molecule has 1 atom stereocenters. The van der Waals surface area contributed by atoms with Crippen LogP contribution in [0.2, 0.25) is 5.02 Å². The van der Waals surface area contributed by atoms with Crippen LogP contribution in [0, 0.1) is 0 Å². The van der Waals surface area contributed by atoms with Gasteiger partial charge in [0.1, 0.15) is 0 Å². The first-order valence-corrected chi connectivity index (χ1v) is 12.0. The molecule has 0 spiro atoms. The van der Waals surface area contributed by atoms with Gasteiger partial charge in [-0.1, -0.05) is 37.1 Å². The highest BCUT2D eigenvalue weighted by molar-refractivity contribution is 6.30. The molecule has 2 aliphatic rings. The van der Waals surface area contributed by atoms with E-state index in [1.807, 2.05) is 12.1 Å². The number of benzene rings is 2. The zero-order valence-corrected chi connectivity index (χ0v) is 19.7. The summed E-state index contributed by atoms with van der Waals surface area (Å²) < 4.78 is 5.78. The number of fused-ring (bicyclic) bond motifs is 1. The van der Waals surface area contributed by atoms with Gasteiger partial charge in [0.05, 0.1) is 5.69 Å². The average Bonchev–Trinajstić information content (AvgIpc) is 2.82. The number of ether oxygens (including phenoxy) is 1. The minimum Gasteiger partial charge on any atom is -0.449 e. The second-order valence-corrected chi connectivity index (χ2v) is 8.97. The summed E-state index contributed by atoms with van der Waals surface area (Å²) in [5.74, 6) is 0.144. The monoisotopic (exact) mass is 467 g/mol. The van der Waals surface area contributed by atoms with Gasteiger partial charge in [0.15, 0.2) is 11.5 Å². The molecule has 1 fully saturated rings. The molecule has 33 heavy (non-hydrogen) atoms. The van der Waals surface area contributed by atoms with E-state index in [9.17, 15) is 9.59 Å². The zero-order valence-electron chi connectivity index (χ0n) is 18.9. The molecular weight excluding hydrogens is 438 g/mol. The Labute approximate surface area is 199 Å². The van der Waals surface area contributed by atoms with Crippen LogP contribution in [0.25, 0.3) is 6.08 Å². The van der Waals surface area contributed by atoms with Gasteiger partial charge in [-0.05, 0) is 74.2 Å². The van der Waals surface area contributed by atoms with Crippen LogP contribution < -0.4 is 15.4 Å². The fourth-order valence-corrected chi connectivity index (χ4v) is 4.65. The first-order chi connectivity index (χ1) is 16.0. The first kappa shape index (κ1) is 23.3. The summed E-state index contributed by atoms with van der Waals surface area (Å²) >= 11 is 6.01. The van der Waals surface area contributed by atoms with Crippen LogP contribution in [-0.4, -0.2) is 42.4 Å². The van der Waals surface area contributed by atoms with Crippen LogP contribution >= 0.6 is 11.6 Å². The number of rotatable bonds is 7. The summed E-state index contributed by atoms with van der Waals surface area (Å²) in [6.07, 6.45) is 7.61. The van der Waals surface area contributed by atoms with Crippen LogP contribution in [0.1, 0.15) is 54.9 Å². The average molecular weight is 468 g/mol. The molecule has 2 heterocycles. The first-order valence-electron chi connectivity index (χ1n) is 11.7. The van der Waals surface area contributed by atoms with Crippen molar-refractivity contribution in [2.45, 2.75) is 45.1 Å². The van der Waals surface area contributed by atoms with Crippen molar-refractivity contribution >= 4 is 35.2 Å². The maximum absolute atomic E-state index is 12.6. The lowest BCUT2D eigenvalue weighted by atomic mass is 10.00. The van der Waals surface area contributed by atoms with Gasteiger partial charge in [-0.2, -0.15) is 0 Å². The van der Waals surface area contributed by atoms with Crippen LogP contribution in [-0.2, 0) is 4.79 Å². The smallest absolute Gasteiger partial charge is 0.291 e. The number of nitrogens with zero attached hydrogens (tertiary/aromatic N) is 1. The van der Waals surface area contributed by atoms with Crippen molar-refractivity contribution in [3.05, 3.63) is 64.4 Å². The third-order valence-corrected chi connectivity index (χ3v) is 6.44. The van der Waals surface area contributed by atoms with Crippen molar-refractivity contribution in [2.24, 2.45) is 0 Å². The van der Waals surface area contributed by atoms with Crippen molar-refractivity contribution in [3.63, 3.8) is 0 Å². The zero-order chi connectivity index (χ0) is 23.2. The van der Waals surface area contributed by atoms with Gasteiger partial charge in [0.2, 0.25) is 0 Å². The maximum atomic E-state index is 12.6. The predicted octanol–water partition coefficient (Wildman–Crippen LogP) is 5.10. The van der Waals surface area contributed by atoms with Gasteiger partial charge < -0.3 is 20.3 Å². The number of halogens is 1. The second-order valence-electron chi connectivity index (χ2n) is 8.53. The molecule has 0 aliphatic carbocycles. The van der Waals surface area contributed by atoms with E-state index in [4.69, 9.17) is 16.3 Å². The third kappa shape index (κ3) is 5.95. The van der Waals surface area contributed by atoms with Gasteiger partial charge in [-0.15, -0.1) is 0 Å². The Balaban J connectivity index is 1.33. The number of amides is 2. The summed E-state index contributed by atoms with van der Waals surface area (Å²) in [5.41, 5.74) is 1.74. The number of piperidine rings is 1. The second kappa shape index (κ2) is 10.9. The molecule has 0 bridgehead atoms. The molecule has 0 unspecified atom stereocenters. The van der Waals surface area contributed by atoms with E-state index >= 15 is 0 Å². The normalized spacial score (nSPS) is 19.5. The predicted molar refractivity (Wildman–Crippen MR) is 132 cm³/mol. The van der Waals surface area contributed by atoms with Gasteiger partial charge >= 0.3 is 0 Å². The Morgan fingerprint density at radius 2 is 2.15 bits per heavy atom. The van der Waals surface area contributed by atoms with Crippen molar-refractivity contribution < 1.29 is 14.3 Å². The topological polar surface area (TPSA) is 70.7 Å². The number of hydrogen-bond acceptors (Lipinski definition) is 4. The van der Waals surface area contributed by atoms with E-state index in [1.54, 1.807) is 36.4 Å². The van der Waals surface area contributed by atoms with Gasteiger partial charge in [-0.25, -0.2) is 0 Å². The van der Waals surface area contributed by atoms with E-state index in [-0.39, 0.29) is 17.6 Å². The lowest BCUT2D eigenvalue weighted by molar-refractivity contribution is -0.115. The highest BCUT2D eigenvalue weighted by atomic mass is 35.5. The van der Waals surface area contributed by atoms with Gasteiger partial charge in [-0.3, -0.25) is 9.59 Å². The number of carbonyl (C=O) groups excluding carboxylic acids is 2. The molecule has 1 saturated heterocycles. The molecule has 2 N–H and O–H groups in total. The number of hydrogen-bond donors (Lipinski definition) is 2. The quantitative estimate of drug-likeness (QED) is 0.439. The minimum atomic E-state index is -0.368. The lowest BCUT2D eigenvalue weighted by Gasteiger charge is -2.35. The standard InChI is InChI=1S/C26H30ClN3O3/c1-2-21-9-3-4-13-30(21)14-6-12-28-25(31)19-10-11-23-22(17-19)29-26(32)24(33-23)16-18-7-5-8-20(27)15-18/h5,7-8,10-11,15-17,21H,2-4,6,9,12-14H2,1H3,(H,28,31)(H,29,32)/b24-16-/t21-/m1/s1. The SMILES string of the molecule is CC[C@@H]1CCCCN1CCCNC(=O)c1ccc2c(c1)NC(=O)/C(=C/c1cccc(Cl)c1)O2. The molecular formula is C26H30ClN3O3. The number of likely N-dealkylation sites (tertiary alicyclic amines) is 1. The number of carbonyl (C=O) groups is 2. The Morgan fingerprint density at radius 1 is 1.27 bits per heavy atom. The number of nitrogens with one attached hydrogen (secondary N) is 2. The molecule has 2 aliphatic heterocycles. The third-order valence-electron chi connectivity index (χ3n) is 6.21. The molecule has 4 rings (SSSR count). The van der Waals surface area contributed by atoms with Crippen molar-refractivity contribution in [1.82, 2.24) is 10.2 Å². The van der Waals surface area contributed by atoms with Crippen molar-refractivity contribution in [1.29, 1.82) is 0 Å². The highest BCUT2D eigenvalue weighted by Crippen LogP contribution is 2.32. The Morgan fingerprint density at radius 3 is 2.97 bits per heavy atom. The molecule has 0 saturated carbocycles. The van der Waals surface area contributed by atoms with E-state index in [0.29, 0.717) is 34.6 Å². The van der Waals surface area contributed by atoms with E-state index in [2.05, 4.69) is 22.5 Å². The summed E-state index contributed by atoms with van der Waals surface area (Å²) in [5, 5.41) is 6.38. The fourth-order valence-electron chi connectivity index (χ4n) is 4.45. The molecule has 2 aromatic carbocycles. The van der Waals surface area contributed by atoms with Crippen LogP contribution in [0.3, 0.4) is 0 Å². The number of anilines is 1. The highest BCUT2D eigenvalue weighted by Gasteiger charge is 2.23. The molecule has 174 valence electrons. The lowest BCUT2D eigenvalue weighted by Crippen LogP contribution is -2.40. The molecule has 0 radical (unpaired) electrons. The Kier molecular flexibility index (Phi) is 7.68. The maximum Gasteiger partial charge on any atom is 0.291 e. The van der Waals surface area contributed by atoms with E-state index in [0.717, 1.165) is 25.1 Å². The van der Waals surface area contributed by atoms with Crippen LogP contribution in [0.15, 0.2) is 48.2 Å². The van der Waals surface area contributed by atoms with Gasteiger partial charge in [0, 0.05) is 29.7 Å². The van der Waals surface area contributed by atoms with Crippen LogP contribution in [0.4, 0.5) is 5.69 Å². The Bertz CT molecular complexity index is 1050. The molecule has 0 aromatic heterocycles. The van der Waals surface area contributed by atoms with Gasteiger partial charge in [0.25, 0.3) is 11.8 Å². The summed E-state index contributed by atoms with van der Waals surface area (Å²) in [7, 11) is 0. The molecule has 2 aromatic rings. The Hall–Kier alpha value is -2.83. The van der Waals surface area contributed by atoms with Crippen LogP contribution in [0.5, 0.6) is 5.75 Å². The molecule has 2 amide bonds.